The predicted molar refractivity (Wildman–Crippen MR) is 35.4 cm³/mol. The first kappa shape index (κ1) is 7.03. The Kier molecular flexibility index (Phi) is 1.78. The fraction of sp³-hybridized carbons (Fsp3) is 1.00. The fourth-order valence-electron chi connectivity index (χ4n) is 0.775. The highest BCUT2D eigenvalue weighted by Gasteiger charge is 2.45. The van der Waals surface area contributed by atoms with Crippen molar-refractivity contribution in [2.45, 2.75) is 32.5 Å². The summed E-state index contributed by atoms with van der Waals surface area (Å²) in [6, 6.07) is 0. The maximum atomic E-state index is 5.34. The molecule has 0 radical (unpaired) electrons. The van der Waals surface area contributed by atoms with E-state index in [4.69, 9.17) is 9.47 Å². The van der Waals surface area contributed by atoms with E-state index in [1.54, 1.807) is 0 Å². The summed E-state index contributed by atoms with van der Waals surface area (Å²) in [6.07, 6.45) is 0.252. The summed E-state index contributed by atoms with van der Waals surface area (Å²) in [6.45, 7) is 7.76. The minimum Gasteiger partial charge on any atom is -0.376 e. The van der Waals surface area contributed by atoms with Gasteiger partial charge in [0.2, 0.25) is 0 Å². The van der Waals surface area contributed by atoms with Crippen LogP contribution in [0.2, 0.25) is 0 Å². The number of epoxide rings is 1. The van der Waals surface area contributed by atoms with E-state index in [1.807, 2.05) is 6.92 Å². The highest BCUT2D eigenvalue weighted by Crippen LogP contribution is 2.31. The first-order chi connectivity index (χ1) is 4.19. The molecule has 0 aromatic heterocycles. The summed E-state index contributed by atoms with van der Waals surface area (Å²) in [5.41, 5.74) is 0.0377. The van der Waals surface area contributed by atoms with Crippen molar-refractivity contribution in [1.29, 1.82) is 0 Å². The van der Waals surface area contributed by atoms with Crippen LogP contribution in [0.15, 0.2) is 0 Å². The van der Waals surface area contributed by atoms with Gasteiger partial charge in [0.1, 0.15) is 5.60 Å². The Morgan fingerprint density at radius 3 is 2.67 bits per heavy atom. The minimum atomic E-state index is 0.0377. The molecule has 0 spiro atoms. The lowest BCUT2D eigenvalue weighted by molar-refractivity contribution is 0.0216. The monoisotopic (exact) mass is 130 g/mol. The standard InChI is InChI=1S/C7H14O2/c1-4-8-6(2)7(3)5-9-7/h6H,4-5H2,1-3H3. The fourth-order valence-corrected chi connectivity index (χ4v) is 0.775. The van der Waals surface area contributed by atoms with Crippen LogP contribution in [0.5, 0.6) is 0 Å². The topological polar surface area (TPSA) is 21.8 Å². The van der Waals surface area contributed by atoms with Crippen LogP contribution in [0.3, 0.4) is 0 Å². The van der Waals surface area contributed by atoms with Crippen molar-refractivity contribution in [2.75, 3.05) is 13.2 Å². The van der Waals surface area contributed by atoms with Crippen LogP contribution in [-0.2, 0) is 9.47 Å². The molecule has 0 N–H and O–H groups in total. The molecule has 2 heteroatoms. The Morgan fingerprint density at radius 2 is 2.33 bits per heavy atom. The van der Waals surface area contributed by atoms with Crippen molar-refractivity contribution in [1.82, 2.24) is 0 Å². The van der Waals surface area contributed by atoms with E-state index in [1.165, 1.54) is 0 Å². The molecule has 0 saturated carbocycles. The minimum absolute atomic E-state index is 0.0377. The van der Waals surface area contributed by atoms with Crippen LogP contribution < -0.4 is 0 Å². The first-order valence-corrected chi connectivity index (χ1v) is 3.44. The second kappa shape index (κ2) is 2.27. The van der Waals surface area contributed by atoms with E-state index in [9.17, 15) is 0 Å². The van der Waals surface area contributed by atoms with E-state index in [-0.39, 0.29) is 11.7 Å². The van der Waals surface area contributed by atoms with Crippen LogP contribution in [0, 0.1) is 0 Å². The predicted octanol–water partition coefficient (Wildman–Crippen LogP) is 1.20. The van der Waals surface area contributed by atoms with Gasteiger partial charge >= 0.3 is 0 Å². The van der Waals surface area contributed by atoms with Crippen molar-refractivity contribution in [3.8, 4) is 0 Å². The Hall–Kier alpha value is -0.0800. The molecule has 9 heavy (non-hydrogen) atoms. The molecule has 1 aliphatic heterocycles. The number of hydrogen-bond acceptors (Lipinski definition) is 2. The lowest BCUT2D eigenvalue weighted by Gasteiger charge is -2.14. The normalized spacial score (nSPS) is 36.3. The number of rotatable bonds is 3. The third-order valence-corrected chi connectivity index (χ3v) is 1.88. The second-order valence-corrected chi connectivity index (χ2v) is 2.70. The molecule has 2 atom stereocenters. The Balaban J connectivity index is 2.24. The maximum Gasteiger partial charge on any atom is 0.115 e. The Bertz CT molecular complexity index is 97.1. The molecule has 54 valence electrons. The molecule has 2 unspecified atom stereocenters. The van der Waals surface area contributed by atoms with Gasteiger partial charge in [0.05, 0.1) is 12.7 Å². The SMILES string of the molecule is CCOC(C)C1(C)CO1. The van der Waals surface area contributed by atoms with Crippen LogP contribution in [0.1, 0.15) is 20.8 Å². The summed E-state index contributed by atoms with van der Waals surface area (Å²) >= 11 is 0. The largest absolute Gasteiger partial charge is 0.376 e. The molecule has 1 saturated heterocycles. The summed E-state index contributed by atoms with van der Waals surface area (Å²) < 4.78 is 10.5. The van der Waals surface area contributed by atoms with E-state index in [0.29, 0.717) is 0 Å². The van der Waals surface area contributed by atoms with Crippen LogP contribution in [0.4, 0.5) is 0 Å². The molecule has 1 heterocycles. The molecule has 1 fully saturated rings. The number of hydrogen-bond donors (Lipinski definition) is 0. The molecular formula is C7H14O2. The quantitative estimate of drug-likeness (QED) is 0.535. The highest BCUT2D eigenvalue weighted by molar-refractivity contribution is 4.92. The van der Waals surface area contributed by atoms with Crippen LogP contribution >= 0.6 is 0 Å². The molecule has 1 aliphatic rings. The van der Waals surface area contributed by atoms with Gasteiger partial charge in [0.25, 0.3) is 0 Å². The average Bonchev–Trinajstić information content (AvgIpc) is 2.50. The molecular weight excluding hydrogens is 116 g/mol. The second-order valence-electron chi connectivity index (χ2n) is 2.70. The Morgan fingerprint density at radius 1 is 1.78 bits per heavy atom. The number of ether oxygens (including phenoxy) is 2. The van der Waals surface area contributed by atoms with E-state index < -0.39 is 0 Å². The lowest BCUT2D eigenvalue weighted by Crippen LogP contribution is -2.26. The lowest BCUT2D eigenvalue weighted by atomic mass is 10.1. The zero-order valence-corrected chi connectivity index (χ0v) is 6.31. The molecule has 2 nitrogen and oxygen atoms in total. The van der Waals surface area contributed by atoms with Gasteiger partial charge in [-0.3, -0.25) is 0 Å². The van der Waals surface area contributed by atoms with Crippen molar-refractivity contribution >= 4 is 0 Å². The Labute approximate surface area is 56.2 Å². The highest BCUT2D eigenvalue weighted by atomic mass is 16.6. The molecule has 0 aliphatic carbocycles. The first-order valence-electron chi connectivity index (χ1n) is 3.44. The average molecular weight is 130 g/mol. The van der Waals surface area contributed by atoms with Gasteiger partial charge in [-0.25, -0.2) is 0 Å². The third kappa shape index (κ3) is 1.43. The van der Waals surface area contributed by atoms with Gasteiger partial charge in [0, 0.05) is 6.61 Å². The van der Waals surface area contributed by atoms with Crippen LogP contribution in [-0.4, -0.2) is 24.9 Å². The summed E-state index contributed by atoms with van der Waals surface area (Å²) in [7, 11) is 0. The van der Waals surface area contributed by atoms with Gasteiger partial charge in [-0.1, -0.05) is 0 Å². The molecule has 1 rings (SSSR count). The van der Waals surface area contributed by atoms with E-state index >= 15 is 0 Å². The van der Waals surface area contributed by atoms with E-state index in [0.717, 1.165) is 13.2 Å². The van der Waals surface area contributed by atoms with Crippen molar-refractivity contribution in [3.05, 3.63) is 0 Å². The molecule has 0 bridgehead atoms. The van der Waals surface area contributed by atoms with Crippen molar-refractivity contribution in [2.24, 2.45) is 0 Å². The van der Waals surface area contributed by atoms with Gasteiger partial charge in [-0.2, -0.15) is 0 Å². The zero-order valence-electron chi connectivity index (χ0n) is 6.31. The van der Waals surface area contributed by atoms with Crippen LogP contribution in [0.25, 0.3) is 0 Å². The molecule has 0 aromatic rings. The summed E-state index contributed by atoms with van der Waals surface area (Å²) in [5.74, 6) is 0. The van der Waals surface area contributed by atoms with Gasteiger partial charge in [-0.05, 0) is 20.8 Å². The summed E-state index contributed by atoms with van der Waals surface area (Å²) in [5, 5.41) is 0. The van der Waals surface area contributed by atoms with Crippen molar-refractivity contribution < 1.29 is 9.47 Å². The van der Waals surface area contributed by atoms with Gasteiger partial charge in [0.15, 0.2) is 0 Å². The smallest absolute Gasteiger partial charge is 0.115 e. The van der Waals surface area contributed by atoms with Gasteiger partial charge in [-0.15, -0.1) is 0 Å². The van der Waals surface area contributed by atoms with E-state index in [2.05, 4.69) is 13.8 Å². The van der Waals surface area contributed by atoms with Gasteiger partial charge < -0.3 is 9.47 Å². The zero-order chi connectivity index (χ0) is 6.91. The molecule has 0 aromatic carbocycles. The summed E-state index contributed by atoms with van der Waals surface area (Å²) in [4.78, 5) is 0. The molecule has 0 amide bonds. The maximum absolute atomic E-state index is 5.34. The van der Waals surface area contributed by atoms with Crippen molar-refractivity contribution in [3.63, 3.8) is 0 Å². The third-order valence-electron chi connectivity index (χ3n) is 1.88.